The van der Waals surface area contributed by atoms with Crippen molar-refractivity contribution in [2.45, 2.75) is 81.7 Å². The fourth-order valence-electron chi connectivity index (χ4n) is 3.44. The number of ketones is 1. The van der Waals surface area contributed by atoms with Gasteiger partial charge in [0.15, 0.2) is 5.82 Å². The maximum atomic E-state index is 13.6. The van der Waals surface area contributed by atoms with Gasteiger partial charge in [0.1, 0.15) is 12.3 Å². The topological polar surface area (TPSA) is 64.4 Å². The first kappa shape index (κ1) is 26.9. The molecular formula is C27H43N3O3. The van der Waals surface area contributed by atoms with Crippen LogP contribution in [-0.4, -0.2) is 46.3 Å². The van der Waals surface area contributed by atoms with Crippen LogP contribution < -0.4 is 4.74 Å². The van der Waals surface area contributed by atoms with Crippen molar-refractivity contribution in [2.75, 3.05) is 20.2 Å². The van der Waals surface area contributed by atoms with E-state index in [1.165, 1.54) is 0 Å². The summed E-state index contributed by atoms with van der Waals surface area (Å²) in [4.78, 5) is 33.4. The lowest BCUT2D eigenvalue weighted by molar-refractivity contribution is -0.132. The fourth-order valence-corrected chi connectivity index (χ4v) is 3.44. The molecule has 33 heavy (non-hydrogen) atoms. The Bertz CT molecular complexity index is 967. The monoisotopic (exact) mass is 457 g/mol. The van der Waals surface area contributed by atoms with E-state index in [-0.39, 0.29) is 29.1 Å². The van der Waals surface area contributed by atoms with Crippen molar-refractivity contribution in [2.24, 2.45) is 16.2 Å². The predicted octanol–water partition coefficient (Wildman–Crippen LogP) is 5.97. The zero-order valence-corrected chi connectivity index (χ0v) is 22.3. The van der Waals surface area contributed by atoms with Gasteiger partial charge in [-0.3, -0.25) is 9.59 Å². The second-order valence-corrected chi connectivity index (χ2v) is 12.5. The number of nitrogens with zero attached hydrogens (tertiary/aromatic N) is 3. The number of hydrogen-bond donors (Lipinski definition) is 0. The van der Waals surface area contributed by atoms with Gasteiger partial charge < -0.3 is 14.2 Å². The summed E-state index contributed by atoms with van der Waals surface area (Å²) in [5, 5.41) is 0. The highest BCUT2D eigenvalue weighted by molar-refractivity contribution is 6.00. The molecule has 0 saturated carbocycles. The summed E-state index contributed by atoms with van der Waals surface area (Å²) in [5.41, 5.74) is 1.07. The normalized spacial score (nSPS) is 12.8. The summed E-state index contributed by atoms with van der Waals surface area (Å²) in [7, 11) is 1.61. The van der Waals surface area contributed by atoms with Crippen LogP contribution in [0.25, 0.3) is 11.0 Å². The van der Waals surface area contributed by atoms with E-state index in [9.17, 15) is 9.59 Å². The third-order valence-electron chi connectivity index (χ3n) is 5.75. The molecule has 2 rings (SSSR count). The van der Waals surface area contributed by atoms with Crippen LogP contribution in [0.15, 0.2) is 18.2 Å². The zero-order chi connectivity index (χ0) is 25.2. The summed E-state index contributed by atoms with van der Waals surface area (Å²) in [6.45, 7) is 20.2. The van der Waals surface area contributed by atoms with Crippen molar-refractivity contribution in [1.29, 1.82) is 0 Å². The van der Waals surface area contributed by atoms with Crippen LogP contribution in [0.4, 0.5) is 0 Å². The Balaban J connectivity index is 2.46. The molecule has 0 aliphatic carbocycles. The van der Waals surface area contributed by atoms with Crippen molar-refractivity contribution in [3.8, 4) is 5.75 Å². The molecule has 0 aliphatic rings. The van der Waals surface area contributed by atoms with E-state index in [0.717, 1.165) is 18.4 Å². The molecule has 1 aromatic heterocycles. The van der Waals surface area contributed by atoms with Gasteiger partial charge in [0.25, 0.3) is 0 Å². The first-order valence-corrected chi connectivity index (χ1v) is 11.9. The molecule has 0 unspecified atom stereocenters. The minimum Gasteiger partial charge on any atom is -0.497 e. The average molecular weight is 458 g/mol. The Labute approximate surface area is 199 Å². The Kier molecular flexibility index (Phi) is 8.03. The second kappa shape index (κ2) is 9.86. The highest BCUT2D eigenvalue weighted by Gasteiger charge is 2.30. The van der Waals surface area contributed by atoms with Crippen LogP contribution in [0.1, 0.15) is 85.8 Å². The molecule has 1 aromatic carbocycles. The van der Waals surface area contributed by atoms with E-state index in [2.05, 4.69) is 46.5 Å². The Hall–Kier alpha value is -2.37. The largest absolute Gasteiger partial charge is 0.497 e. The van der Waals surface area contributed by atoms with Crippen molar-refractivity contribution >= 4 is 22.7 Å². The minimum absolute atomic E-state index is 0.00794. The highest BCUT2D eigenvalue weighted by atomic mass is 16.5. The Morgan fingerprint density at radius 2 is 1.48 bits per heavy atom. The van der Waals surface area contributed by atoms with Gasteiger partial charge in [0.05, 0.1) is 18.1 Å². The number of Topliss-reactive ketones (excluding diaryl/α,β-unsaturated/α-hetero) is 1. The molecule has 0 saturated heterocycles. The maximum Gasteiger partial charge on any atom is 0.242 e. The van der Waals surface area contributed by atoms with E-state index >= 15 is 0 Å². The van der Waals surface area contributed by atoms with Gasteiger partial charge in [-0.15, -0.1) is 0 Å². The molecule has 1 amide bonds. The number of amides is 1. The lowest BCUT2D eigenvalue weighted by atomic mass is 9.90. The molecular weight excluding hydrogens is 414 g/mol. The zero-order valence-electron chi connectivity index (χ0n) is 22.3. The Morgan fingerprint density at radius 1 is 0.939 bits per heavy atom. The molecule has 1 heterocycles. The first-order valence-electron chi connectivity index (χ1n) is 11.9. The highest BCUT2D eigenvalue weighted by Crippen LogP contribution is 2.28. The summed E-state index contributed by atoms with van der Waals surface area (Å²) < 4.78 is 7.17. The van der Waals surface area contributed by atoms with Crippen LogP contribution in [0.5, 0.6) is 5.75 Å². The first-order chi connectivity index (χ1) is 15.0. The molecule has 2 aromatic rings. The van der Waals surface area contributed by atoms with E-state index in [1.54, 1.807) is 11.7 Å². The molecule has 6 nitrogen and oxygen atoms in total. The van der Waals surface area contributed by atoms with Crippen LogP contribution in [0, 0.1) is 16.2 Å². The quantitative estimate of drug-likeness (QED) is 0.458. The van der Waals surface area contributed by atoms with Crippen molar-refractivity contribution in [3.05, 3.63) is 24.0 Å². The molecule has 0 atom stereocenters. The van der Waals surface area contributed by atoms with E-state index < -0.39 is 5.41 Å². The van der Waals surface area contributed by atoms with E-state index in [1.807, 2.05) is 43.9 Å². The molecule has 184 valence electrons. The standard InChI is InChI=1S/C27H43N3O3/c1-25(2,3)13-15-29(16-14-26(4,5)6)22(31)18-30-21-17-19(33-10)11-12-20(21)28-24(30)23(32)27(7,8)9/h11-12,17H,13-16,18H2,1-10H3. The number of benzene rings is 1. The fraction of sp³-hybridized carbons (Fsp3) is 0.667. The molecule has 0 aliphatic heterocycles. The molecule has 0 spiro atoms. The molecule has 0 N–H and O–H groups in total. The minimum atomic E-state index is -0.607. The number of fused-ring (bicyclic) bond motifs is 1. The SMILES string of the molecule is COc1ccc2nc(C(=O)C(C)(C)C)n(CC(=O)N(CCC(C)(C)C)CCC(C)(C)C)c2c1. The molecule has 0 fully saturated rings. The number of ether oxygens (including phenoxy) is 1. The van der Waals surface area contributed by atoms with E-state index in [4.69, 9.17) is 4.74 Å². The van der Waals surface area contributed by atoms with Gasteiger partial charge in [-0.1, -0.05) is 62.3 Å². The number of methoxy groups -OCH3 is 1. The van der Waals surface area contributed by atoms with Gasteiger partial charge in [-0.05, 0) is 35.8 Å². The summed E-state index contributed by atoms with van der Waals surface area (Å²) >= 11 is 0. The smallest absolute Gasteiger partial charge is 0.242 e. The predicted molar refractivity (Wildman–Crippen MR) is 135 cm³/mol. The molecule has 6 heteroatoms. The van der Waals surface area contributed by atoms with Crippen LogP contribution >= 0.6 is 0 Å². The van der Waals surface area contributed by atoms with Crippen molar-refractivity contribution in [1.82, 2.24) is 14.5 Å². The third kappa shape index (κ3) is 7.58. The van der Waals surface area contributed by atoms with Gasteiger partial charge in [-0.2, -0.15) is 0 Å². The third-order valence-corrected chi connectivity index (χ3v) is 5.75. The van der Waals surface area contributed by atoms with Gasteiger partial charge in [0, 0.05) is 24.6 Å². The molecule has 0 bridgehead atoms. The lowest BCUT2D eigenvalue weighted by Gasteiger charge is -2.30. The van der Waals surface area contributed by atoms with Crippen molar-refractivity contribution in [3.63, 3.8) is 0 Å². The van der Waals surface area contributed by atoms with Crippen LogP contribution in [0.2, 0.25) is 0 Å². The number of carbonyl (C=O) groups is 2. The summed E-state index contributed by atoms with van der Waals surface area (Å²) in [6.07, 6.45) is 1.82. The summed E-state index contributed by atoms with van der Waals surface area (Å²) in [5.74, 6) is 0.920. The van der Waals surface area contributed by atoms with Crippen LogP contribution in [-0.2, 0) is 11.3 Å². The van der Waals surface area contributed by atoms with Crippen molar-refractivity contribution < 1.29 is 14.3 Å². The second-order valence-electron chi connectivity index (χ2n) is 12.5. The number of hydrogen-bond acceptors (Lipinski definition) is 4. The average Bonchev–Trinajstić information content (AvgIpc) is 3.02. The summed E-state index contributed by atoms with van der Waals surface area (Å²) in [6, 6.07) is 5.51. The van der Waals surface area contributed by atoms with Gasteiger partial charge >= 0.3 is 0 Å². The van der Waals surface area contributed by atoms with Gasteiger partial charge in [-0.25, -0.2) is 4.98 Å². The molecule has 0 radical (unpaired) electrons. The van der Waals surface area contributed by atoms with Gasteiger partial charge in [0.2, 0.25) is 11.7 Å². The van der Waals surface area contributed by atoms with E-state index in [0.29, 0.717) is 30.2 Å². The Morgan fingerprint density at radius 3 is 1.94 bits per heavy atom. The van der Waals surface area contributed by atoms with Crippen LogP contribution in [0.3, 0.4) is 0 Å². The number of imidazole rings is 1. The number of carbonyl (C=O) groups excluding carboxylic acids is 2. The lowest BCUT2D eigenvalue weighted by Crippen LogP contribution is -2.38. The number of aromatic nitrogens is 2. The number of rotatable bonds is 8. The maximum absolute atomic E-state index is 13.6.